The molecular weight excluding hydrogens is 492 g/mol. The largest absolute Gasteiger partial charge is 0.396 e. The standard InChI is InChI=1S/C26H43BrN4OSi/c1-9-30(10-2)25(32)28-18-14-19-22(29(6)16-18)13-17-15-31(33(7,8)26(3,4)5)21-12-11-20(27)24(19)23(17)21/h11-12,17-19,22H,9-10,13-16H2,1-8H3,(H,28,32)/t17?,18-,19-,22+/m0/s1. The number of anilines is 1. The summed E-state index contributed by atoms with van der Waals surface area (Å²) in [5.74, 6) is 1.05. The van der Waals surface area contributed by atoms with Gasteiger partial charge in [0.1, 0.15) is 0 Å². The quantitative estimate of drug-likeness (QED) is 0.483. The molecule has 7 heteroatoms. The Labute approximate surface area is 210 Å². The minimum Gasteiger partial charge on any atom is -0.396 e. The topological polar surface area (TPSA) is 38.8 Å². The molecule has 1 aromatic carbocycles. The molecule has 1 N–H and O–H groups in total. The molecule has 1 unspecified atom stereocenters. The molecule has 1 aliphatic carbocycles. The van der Waals surface area contributed by atoms with Crippen LogP contribution in [0.15, 0.2) is 16.6 Å². The maximum Gasteiger partial charge on any atom is 0.317 e. The Morgan fingerprint density at radius 3 is 2.42 bits per heavy atom. The molecule has 2 amide bonds. The van der Waals surface area contributed by atoms with Crippen molar-refractivity contribution in [2.75, 3.05) is 37.8 Å². The highest BCUT2D eigenvalue weighted by Crippen LogP contribution is 2.56. The number of nitrogens with one attached hydrogen (secondary N) is 1. The van der Waals surface area contributed by atoms with Gasteiger partial charge in [0.25, 0.3) is 0 Å². The highest BCUT2D eigenvalue weighted by Gasteiger charge is 2.51. The van der Waals surface area contributed by atoms with Crippen molar-refractivity contribution in [3.63, 3.8) is 0 Å². The number of likely N-dealkylation sites (N-methyl/N-ethyl adjacent to an activating group) is 1. The van der Waals surface area contributed by atoms with Crippen molar-refractivity contribution in [1.29, 1.82) is 0 Å². The third-order valence-electron chi connectivity index (χ3n) is 9.18. The van der Waals surface area contributed by atoms with Crippen molar-refractivity contribution >= 4 is 35.9 Å². The zero-order valence-electron chi connectivity index (χ0n) is 21.8. The summed E-state index contributed by atoms with van der Waals surface area (Å²) >= 11 is 3.96. The number of halogens is 1. The normalized spacial score (nSPS) is 27.2. The first-order valence-electron chi connectivity index (χ1n) is 12.8. The van der Waals surface area contributed by atoms with E-state index in [0.29, 0.717) is 22.9 Å². The van der Waals surface area contributed by atoms with Crippen LogP contribution in [0.25, 0.3) is 0 Å². The SMILES string of the molecule is CCN(CC)C(=O)N[C@H]1C[C@@H]2c3c(Br)ccc4c3C(C[C@H]2N(C)C1)CN4[Si](C)(C)C(C)(C)C. The fourth-order valence-corrected chi connectivity index (χ4v) is 9.26. The van der Waals surface area contributed by atoms with Crippen molar-refractivity contribution < 1.29 is 4.79 Å². The number of amides is 2. The number of likely N-dealkylation sites (tertiary alicyclic amines) is 1. The number of carbonyl (C=O) groups excluding carboxylic acids is 1. The zero-order chi connectivity index (χ0) is 24.3. The van der Waals surface area contributed by atoms with Crippen LogP contribution in [0.1, 0.15) is 70.4 Å². The first-order valence-corrected chi connectivity index (χ1v) is 16.5. The molecular formula is C26H43BrN4OSi. The molecule has 1 saturated heterocycles. The predicted molar refractivity (Wildman–Crippen MR) is 145 cm³/mol. The van der Waals surface area contributed by atoms with E-state index in [1.807, 2.05) is 18.7 Å². The third-order valence-corrected chi connectivity index (χ3v) is 15.3. The lowest BCUT2D eigenvalue weighted by Gasteiger charge is -2.48. The van der Waals surface area contributed by atoms with Crippen LogP contribution >= 0.6 is 15.9 Å². The van der Waals surface area contributed by atoms with Gasteiger partial charge < -0.3 is 19.7 Å². The number of hydrogen-bond donors (Lipinski definition) is 1. The number of hydrogen-bond acceptors (Lipinski definition) is 3. The average Bonchev–Trinajstić information content (AvgIpc) is 3.10. The molecule has 4 atom stereocenters. The molecule has 184 valence electrons. The minimum atomic E-state index is -1.67. The molecule has 0 bridgehead atoms. The highest BCUT2D eigenvalue weighted by atomic mass is 79.9. The van der Waals surface area contributed by atoms with Crippen molar-refractivity contribution in [2.24, 2.45) is 0 Å². The monoisotopic (exact) mass is 534 g/mol. The summed E-state index contributed by atoms with van der Waals surface area (Å²) in [6.07, 6.45) is 2.24. The summed E-state index contributed by atoms with van der Waals surface area (Å²) < 4.78 is 4.07. The van der Waals surface area contributed by atoms with E-state index in [4.69, 9.17) is 0 Å². The third kappa shape index (κ3) is 4.16. The van der Waals surface area contributed by atoms with E-state index >= 15 is 0 Å². The molecule has 5 nitrogen and oxygen atoms in total. The van der Waals surface area contributed by atoms with Crippen molar-refractivity contribution in [3.8, 4) is 0 Å². The number of piperidine rings is 1. The van der Waals surface area contributed by atoms with Gasteiger partial charge in [0.05, 0.1) is 0 Å². The van der Waals surface area contributed by atoms with Gasteiger partial charge in [-0.1, -0.05) is 49.8 Å². The van der Waals surface area contributed by atoms with E-state index in [-0.39, 0.29) is 12.1 Å². The lowest BCUT2D eigenvalue weighted by molar-refractivity contribution is 0.108. The number of rotatable bonds is 4. The first kappa shape index (κ1) is 25.1. The van der Waals surface area contributed by atoms with Gasteiger partial charge in [-0.3, -0.25) is 0 Å². The number of nitrogens with zero attached hydrogens (tertiary/aromatic N) is 3. The van der Waals surface area contributed by atoms with Gasteiger partial charge in [0, 0.05) is 60.3 Å². The number of benzene rings is 1. The molecule has 1 aromatic rings. The van der Waals surface area contributed by atoms with Crippen molar-refractivity contribution in [3.05, 3.63) is 27.7 Å². The Kier molecular flexibility index (Phi) is 6.73. The number of urea groups is 1. The average molecular weight is 536 g/mol. The minimum absolute atomic E-state index is 0.0759. The van der Waals surface area contributed by atoms with E-state index < -0.39 is 8.24 Å². The molecule has 0 aromatic heterocycles. The Balaban J connectivity index is 1.68. The lowest BCUT2D eigenvalue weighted by atomic mass is 9.70. The fraction of sp³-hybridized carbons (Fsp3) is 0.731. The van der Waals surface area contributed by atoms with Crippen LogP contribution in [-0.2, 0) is 0 Å². The van der Waals surface area contributed by atoms with Crippen LogP contribution in [0.3, 0.4) is 0 Å². The smallest absolute Gasteiger partial charge is 0.317 e. The molecule has 1 fully saturated rings. The lowest BCUT2D eigenvalue weighted by Crippen LogP contribution is -2.57. The summed E-state index contributed by atoms with van der Waals surface area (Å²) in [4.78, 5) is 17.2. The summed E-state index contributed by atoms with van der Waals surface area (Å²) in [5.41, 5.74) is 4.60. The van der Waals surface area contributed by atoms with E-state index in [9.17, 15) is 4.79 Å². The van der Waals surface area contributed by atoms with Crippen LogP contribution in [0.2, 0.25) is 18.1 Å². The molecule has 2 heterocycles. The van der Waals surface area contributed by atoms with Gasteiger partial charge in [0.15, 0.2) is 8.24 Å². The van der Waals surface area contributed by atoms with Crippen molar-refractivity contribution in [2.45, 2.75) is 89.5 Å². The highest BCUT2D eigenvalue weighted by molar-refractivity contribution is 9.10. The summed E-state index contributed by atoms with van der Waals surface area (Å²) in [5, 5.41) is 3.66. The van der Waals surface area contributed by atoms with Crippen LogP contribution < -0.4 is 9.88 Å². The molecule has 4 rings (SSSR count). The molecule has 2 aliphatic heterocycles. The van der Waals surface area contributed by atoms with E-state index in [2.05, 4.69) is 83.8 Å². The first-order chi connectivity index (χ1) is 15.4. The zero-order valence-corrected chi connectivity index (χ0v) is 24.4. The maximum absolute atomic E-state index is 12.8. The predicted octanol–water partition coefficient (Wildman–Crippen LogP) is 5.97. The van der Waals surface area contributed by atoms with Gasteiger partial charge in [-0.05, 0) is 62.0 Å². The van der Waals surface area contributed by atoms with Crippen LogP contribution in [0.5, 0.6) is 0 Å². The van der Waals surface area contributed by atoms with Gasteiger partial charge in [0.2, 0.25) is 0 Å². The Morgan fingerprint density at radius 2 is 1.82 bits per heavy atom. The van der Waals surface area contributed by atoms with Gasteiger partial charge in [-0.2, -0.15) is 0 Å². The number of carbonyl (C=O) groups is 1. The molecule has 0 radical (unpaired) electrons. The molecule has 3 aliphatic rings. The summed E-state index contributed by atoms with van der Waals surface area (Å²) in [6, 6.07) is 5.45. The second-order valence-corrected chi connectivity index (χ2v) is 17.9. The second kappa shape index (κ2) is 8.87. The van der Waals surface area contributed by atoms with E-state index in [0.717, 1.165) is 32.6 Å². The second-order valence-electron chi connectivity index (χ2n) is 11.9. The number of fused-ring (bicyclic) bond motifs is 2. The van der Waals surface area contributed by atoms with Crippen LogP contribution in [0, 0.1) is 0 Å². The Hall–Kier alpha value is -1.05. The van der Waals surface area contributed by atoms with Crippen LogP contribution in [0.4, 0.5) is 10.5 Å². The molecule has 0 saturated carbocycles. The van der Waals surface area contributed by atoms with E-state index in [1.54, 1.807) is 5.56 Å². The molecule has 0 spiro atoms. The Morgan fingerprint density at radius 1 is 1.15 bits per heavy atom. The maximum atomic E-state index is 12.8. The molecule has 33 heavy (non-hydrogen) atoms. The van der Waals surface area contributed by atoms with Gasteiger partial charge >= 0.3 is 6.03 Å². The van der Waals surface area contributed by atoms with Gasteiger partial charge in [-0.15, -0.1) is 0 Å². The summed E-state index contributed by atoms with van der Waals surface area (Å²) in [6.45, 7) is 20.0. The Bertz CT molecular complexity index is 910. The van der Waals surface area contributed by atoms with Crippen molar-refractivity contribution in [1.82, 2.24) is 15.1 Å². The summed E-state index contributed by atoms with van der Waals surface area (Å²) in [7, 11) is 0.587. The van der Waals surface area contributed by atoms with Gasteiger partial charge in [-0.25, -0.2) is 4.79 Å². The van der Waals surface area contributed by atoms with Crippen LogP contribution in [-0.4, -0.2) is 69.4 Å². The fourth-order valence-electron chi connectivity index (χ4n) is 6.33. The van der Waals surface area contributed by atoms with E-state index in [1.165, 1.54) is 22.1 Å².